The second kappa shape index (κ2) is 8.47. The summed E-state index contributed by atoms with van der Waals surface area (Å²) in [5, 5.41) is 14.6. The van der Waals surface area contributed by atoms with Crippen molar-refractivity contribution in [3.8, 4) is 5.69 Å². The second-order valence-electron chi connectivity index (χ2n) is 6.37. The quantitative estimate of drug-likeness (QED) is 0.570. The molecule has 1 aromatic heterocycles. The first-order valence-electron chi connectivity index (χ1n) is 9.00. The van der Waals surface area contributed by atoms with Crippen LogP contribution in [-0.4, -0.2) is 45.2 Å². The van der Waals surface area contributed by atoms with Crippen LogP contribution in [0.4, 0.5) is 4.79 Å². The molecule has 2 N–H and O–H groups in total. The molecule has 0 bridgehead atoms. The van der Waals surface area contributed by atoms with Gasteiger partial charge in [0.05, 0.1) is 23.9 Å². The number of amides is 2. The number of thioether (sulfide) groups is 1. The summed E-state index contributed by atoms with van der Waals surface area (Å²) in [5.74, 6) is 0.685. The minimum Gasteiger partial charge on any atom is -0.463 e. The number of hydrogen-bond donors (Lipinski definition) is 2. The Labute approximate surface area is 167 Å². The molecule has 1 aliphatic heterocycles. The van der Waals surface area contributed by atoms with Crippen molar-refractivity contribution in [3.63, 3.8) is 0 Å². The molecule has 2 amide bonds. The van der Waals surface area contributed by atoms with Gasteiger partial charge in [-0.3, -0.25) is 4.57 Å². The highest BCUT2D eigenvalue weighted by Gasteiger charge is 2.30. The Morgan fingerprint density at radius 1 is 1.29 bits per heavy atom. The molecule has 0 saturated heterocycles. The first-order chi connectivity index (χ1) is 13.4. The number of rotatable bonds is 6. The van der Waals surface area contributed by atoms with Crippen LogP contribution in [0.15, 0.2) is 40.7 Å². The fraction of sp³-hybridized carbons (Fsp3) is 0.368. The lowest BCUT2D eigenvalue weighted by Crippen LogP contribution is -2.49. The van der Waals surface area contributed by atoms with Crippen LogP contribution in [0, 0.1) is 13.8 Å². The monoisotopic (exact) mass is 401 g/mol. The molecule has 1 unspecified atom stereocenters. The maximum Gasteiger partial charge on any atom is 0.337 e. The minimum absolute atomic E-state index is 0.268. The van der Waals surface area contributed by atoms with Gasteiger partial charge >= 0.3 is 12.0 Å². The van der Waals surface area contributed by atoms with Gasteiger partial charge in [-0.15, -0.1) is 10.2 Å². The van der Waals surface area contributed by atoms with Gasteiger partial charge in [0, 0.05) is 11.4 Å². The molecule has 148 valence electrons. The van der Waals surface area contributed by atoms with E-state index in [0.717, 1.165) is 17.1 Å². The van der Waals surface area contributed by atoms with E-state index in [1.54, 1.807) is 13.8 Å². The van der Waals surface area contributed by atoms with Crippen LogP contribution in [0.1, 0.15) is 25.2 Å². The summed E-state index contributed by atoms with van der Waals surface area (Å²) in [6, 6.07) is 7.21. The molecule has 0 radical (unpaired) electrons. The summed E-state index contributed by atoms with van der Waals surface area (Å²) in [5.41, 5.74) is 3.04. The van der Waals surface area contributed by atoms with Crippen molar-refractivity contribution in [3.05, 3.63) is 46.9 Å². The molecule has 8 nitrogen and oxygen atoms in total. The molecule has 0 aliphatic carbocycles. The van der Waals surface area contributed by atoms with Gasteiger partial charge < -0.3 is 15.4 Å². The highest BCUT2D eigenvalue weighted by Crippen LogP contribution is 2.27. The zero-order valence-electron chi connectivity index (χ0n) is 16.3. The summed E-state index contributed by atoms with van der Waals surface area (Å²) >= 11 is 1.40. The average molecular weight is 401 g/mol. The first kappa shape index (κ1) is 19.9. The number of esters is 1. The van der Waals surface area contributed by atoms with Crippen LogP contribution < -0.4 is 10.6 Å². The fourth-order valence-corrected chi connectivity index (χ4v) is 4.02. The molecule has 2 aromatic rings. The Kier molecular flexibility index (Phi) is 6.03. The highest BCUT2D eigenvalue weighted by atomic mass is 32.2. The largest absolute Gasteiger partial charge is 0.463 e. The Morgan fingerprint density at radius 2 is 2.04 bits per heavy atom. The summed E-state index contributed by atoms with van der Waals surface area (Å²) in [7, 11) is 0. The van der Waals surface area contributed by atoms with E-state index in [2.05, 4.69) is 20.8 Å². The van der Waals surface area contributed by atoms with Crippen LogP contribution in [0.5, 0.6) is 0 Å². The van der Waals surface area contributed by atoms with Crippen molar-refractivity contribution in [2.24, 2.45) is 0 Å². The van der Waals surface area contributed by atoms with E-state index in [1.807, 2.05) is 42.7 Å². The SMILES string of the molecule is CCOC(=O)C1=C(CSc2nnc(C)n2-c2ccccc2C)NC(=O)NC1C. The number of ether oxygens (including phenoxy) is 1. The topological polar surface area (TPSA) is 98.1 Å². The number of benzene rings is 1. The van der Waals surface area contributed by atoms with Gasteiger partial charge in [0.25, 0.3) is 0 Å². The molecular formula is C19H23N5O3S. The molecule has 2 heterocycles. The van der Waals surface area contributed by atoms with E-state index < -0.39 is 12.0 Å². The lowest BCUT2D eigenvalue weighted by molar-refractivity contribution is -0.138. The maximum atomic E-state index is 12.4. The van der Waals surface area contributed by atoms with Crippen molar-refractivity contribution < 1.29 is 14.3 Å². The Bertz CT molecular complexity index is 937. The lowest BCUT2D eigenvalue weighted by Gasteiger charge is -2.26. The molecule has 1 aliphatic rings. The van der Waals surface area contributed by atoms with Gasteiger partial charge in [0.2, 0.25) is 0 Å². The summed E-state index contributed by atoms with van der Waals surface area (Å²) in [6.07, 6.45) is 0. The standard InChI is InChI=1S/C19H23N5O3S/c1-5-27-17(25)16-12(3)20-18(26)21-14(16)10-28-19-23-22-13(4)24(19)15-9-7-6-8-11(15)2/h6-9,12H,5,10H2,1-4H3,(H2,20,21,26). The average Bonchev–Trinajstić information content (AvgIpc) is 3.00. The van der Waals surface area contributed by atoms with Crippen LogP contribution in [0.3, 0.4) is 0 Å². The molecule has 0 saturated carbocycles. The third-order valence-electron chi connectivity index (χ3n) is 4.36. The van der Waals surface area contributed by atoms with Crippen molar-refractivity contribution in [2.75, 3.05) is 12.4 Å². The van der Waals surface area contributed by atoms with Crippen LogP contribution in [-0.2, 0) is 9.53 Å². The van der Waals surface area contributed by atoms with Crippen molar-refractivity contribution in [1.29, 1.82) is 0 Å². The number of hydrogen-bond acceptors (Lipinski definition) is 6. The van der Waals surface area contributed by atoms with E-state index >= 15 is 0 Å². The van der Waals surface area contributed by atoms with E-state index in [0.29, 0.717) is 22.2 Å². The number of aryl methyl sites for hydroxylation is 2. The van der Waals surface area contributed by atoms with E-state index in [4.69, 9.17) is 4.74 Å². The molecule has 1 aromatic carbocycles. The smallest absolute Gasteiger partial charge is 0.337 e. The molecule has 3 rings (SSSR count). The lowest BCUT2D eigenvalue weighted by atomic mass is 10.1. The molecule has 0 fully saturated rings. The Hall–Kier alpha value is -2.81. The van der Waals surface area contributed by atoms with Gasteiger partial charge in [-0.25, -0.2) is 9.59 Å². The third-order valence-corrected chi connectivity index (χ3v) is 5.32. The van der Waals surface area contributed by atoms with Crippen LogP contribution in [0.2, 0.25) is 0 Å². The summed E-state index contributed by atoms with van der Waals surface area (Å²) in [6.45, 7) is 7.69. The molecule has 0 spiro atoms. The Morgan fingerprint density at radius 3 is 2.75 bits per heavy atom. The van der Waals surface area contributed by atoms with E-state index in [9.17, 15) is 9.59 Å². The molecule has 9 heteroatoms. The van der Waals surface area contributed by atoms with Gasteiger partial charge in [-0.05, 0) is 39.3 Å². The number of aromatic nitrogens is 3. The maximum absolute atomic E-state index is 12.4. The van der Waals surface area contributed by atoms with Gasteiger partial charge in [0.15, 0.2) is 5.16 Å². The Balaban J connectivity index is 1.91. The first-order valence-corrected chi connectivity index (χ1v) is 9.99. The number of carbonyl (C=O) groups excluding carboxylic acids is 2. The van der Waals surface area contributed by atoms with E-state index in [-0.39, 0.29) is 12.6 Å². The van der Waals surface area contributed by atoms with Crippen LogP contribution >= 0.6 is 11.8 Å². The normalized spacial score (nSPS) is 16.6. The van der Waals surface area contributed by atoms with Gasteiger partial charge in [-0.2, -0.15) is 0 Å². The number of nitrogens with one attached hydrogen (secondary N) is 2. The summed E-state index contributed by atoms with van der Waals surface area (Å²) in [4.78, 5) is 24.3. The zero-order valence-corrected chi connectivity index (χ0v) is 17.1. The summed E-state index contributed by atoms with van der Waals surface area (Å²) < 4.78 is 7.12. The van der Waals surface area contributed by atoms with Gasteiger partial charge in [-0.1, -0.05) is 30.0 Å². The second-order valence-corrected chi connectivity index (χ2v) is 7.32. The highest BCUT2D eigenvalue weighted by molar-refractivity contribution is 7.99. The number of carbonyl (C=O) groups is 2. The molecule has 28 heavy (non-hydrogen) atoms. The third kappa shape index (κ3) is 4.04. The van der Waals surface area contributed by atoms with Crippen molar-refractivity contribution >= 4 is 23.8 Å². The van der Waals surface area contributed by atoms with Crippen molar-refractivity contribution in [1.82, 2.24) is 25.4 Å². The molecular weight excluding hydrogens is 378 g/mol. The van der Waals surface area contributed by atoms with Crippen LogP contribution in [0.25, 0.3) is 5.69 Å². The number of urea groups is 1. The number of nitrogens with zero attached hydrogens (tertiary/aromatic N) is 3. The van der Waals surface area contributed by atoms with Gasteiger partial charge in [0.1, 0.15) is 5.82 Å². The predicted octanol–water partition coefficient (Wildman–Crippen LogP) is 2.49. The van der Waals surface area contributed by atoms with E-state index in [1.165, 1.54) is 11.8 Å². The zero-order chi connectivity index (χ0) is 20.3. The molecule has 1 atom stereocenters. The number of para-hydroxylation sites is 1. The van der Waals surface area contributed by atoms with Crippen molar-refractivity contribution in [2.45, 2.75) is 38.9 Å². The minimum atomic E-state index is -0.436. The predicted molar refractivity (Wildman–Crippen MR) is 106 cm³/mol. The fourth-order valence-electron chi connectivity index (χ4n) is 3.06.